The number of rotatable bonds is 9. The highest BCUT2D eigenvalue weighted by Gasteiger charge is 2.19. The van der Waals surface area contributed by atoms with Crippen molar-refractivity contribution in [3.05, 3.63) is 59.2 Å². The highest BCUT2D eigenvalue weighted by molar-refractivity contribution is 5.97. The highest BCUT2D eigenvalue weighted by Crippen LogP contribution is 2.25. The van der Waals surface area contributed by atoms with Crippen LogP contribution in [0.25, 0.3) is 11.1 Å². The number of hydrogen-bond donors (Lipinski definition) is 5. The molecule has 0 unspecified atom stereocenters. The van der Waals surface area contributed by atoms with E-state index in [1.807, 2.05) is 29.2 Å². The minimum atomic E-state index is -0.523. The molecule has 2 aromatic carbocycles. The molecule has 0 aliphatic carbocycles. The number of carbonyl (C=O) groups is 2. The Morgan fingerprint density at radius 1 is 1.00 bits per heavy atom. The van der Waals surface area contributed by atoms with E-state index in [1.165, 1.54) is 0 Å². The summed E-state index contributed by atoms with van der Waals surface area (Å²) < 4.78 is 0. The fourth-order valence-corrected chi connectivity index (χ4v) is 4.05. The predicted molar refractivity (Wildman–Crippen MR) is 121 cm³/mol. The standard InChI is InChI=1S/C23H30N6O2/c24-21(30)14-29(12-15-4-6-28-7-5-15)13-16-8-19(11-20(9-16)23(27)31)17-2-1-3-18(10-17)22(25)26/h1-3,8-11,15,28H,4-7,12-14H2,(H2,24,30)(H3,25,26)(H2,27,31). The van der Waals surface area contributed by atoms with E-state index in [2.05, 4.69) is 5.32 Å². The Bertz CT molecular complexity index is 968. The zero-order chi connectivity index (χ0) is 22.4. The van der Waals surface area contributed by atoms with Crippen LogP contribution in [0.15, 0.2) is 42.5 Å². The van der Waals surface area contributed by atoms with Gasteiger partial charge in [0.25, 0.3) is 0 Å². The summed E-state index contributed by atoms with van der Waals surface area (Å²) in [5, 5.41) is 11.0. The molecule has 31 heavy (non-hydrogen) atoms. The Balaban J connectivity index is 1.91. The van der Waals surface area contributed by atoms with E-state index in [0.717, 1.165) is 49.2 Å². The van der Waals surface area contributed by atoms with Crippen LogP contribution in [0.1, 0.15) is 34.3 Å². The molecular formula is C23H30N6O2. The summed E-state index contributed by atoms with van der Waals surface area (Å²) in [6.07, 6.45) is 2.11. The molecule has 0 spiro atoms. The molecule has 8 heteroatoms. The van der Waals surface area contributed by atoms with Crippen molar-refractivity contribution in [1.29, 1.82) is 5.41 Å². The monoisotopic (exact) mass is 422 g/mol. The fourth-order valence-electron chi connectivity index (χ4n) is 4.05. The Morgan fingerprint density at radius 3 is 2.35 bits per heavy atom. The van der Waals surface area contributed by atoms with Crippen molar-refractivity contribution in [3.63, 3.8) is 0 Å². The summed E-state index contributed by atoms with van der Waals surface area (Å²) in [5.74, 6) is -0.436. The number of primary amides is 2. The van der Waals surface area contributed by atoms with Gasteiger partial charge in [-0.3, -0.25) is 19.9 Å². The van der Waals surface area contributed by atoms with E-state index in [-0.39, 0.29) is 18.3 Å². The van der Waals surface area contributed by atoms with Gasteiger partial charge < -0.3 is 22.5 Å². The van der Waals surface area contributed by atoms with E-state index < -0.39 is 5.91 Å². The minimum absolute atomic E-state index is 0.0252. The number of amides is 2. The second kappa shape index (κ2) is 10.2. The molecular weight excluding hydrogens is 392 g/mol. The SMILES string of the molecule is N=C(N)c1cccc(-c2cc(CN(CC(N)=O)CC3CCNCC3)cc(C(N)=O)c2)c1. The summed E-state index contributed by atoms with van der Waals surface area (Å²) in [7, 11) is 0. The largest absolute Gasteiger partial charge is 0.384 e. The molecule has 2 aromatic rings. The van der Waals surface area contributed by atoms with Gasteiger partial charge in [-0.05, 0) is 72.8 Å². The molecule has 0 aromatic heterocycles. The summed E-state index contributed by atoms with van der Waals surface area (Å²) in [5.41, 5.74) is 20.2. The maximum absolute atomic E-state index is 12.0. The normalized spacial score (nSPS) is 14.5. The summed E-state index contributed by atoms with van der Waals surface area (Å²) in [6.45, 7) is 3.35. The quantitative estimate of drug-likeness (QED) is 0.302. The lowest BCUT2D eigenvalue weighted by Gasteiger charge is -2.29. The number of benzene rings is 2. The molecule has 0 radical (unpaired) electrons. The molecule has 3 rings (SSSR count). The van der Waals surface area contributed by atoms with Crippen molar-refractivity contribution in [2.24, 2.45) is 23.1 Å². The van der Waals surface area contributed by atoms with Crippen LogP contribution in [0.2, 0.25) is 0 Å². The molecule has 164 valence electrons. The second-order valence-corrected chi connectivity index (χ2v) is 8.11. The minimum Gasteiger partial charge on any atom is -0.384 e. The number of nitrogens with zero attached hydrogens (tertiary/aromatic N) is 1. The number of nitrogens with two attached hydrogens (primary N) is 3. The lowest BCUT2D eigenvalue weighted by molar-refractivity contribution is -0.119. The summed E-state index contributed by atoms with van der Waals surface area (Å²) in [4.78, 5) is 25.7. The molecule has 1 heterocycles. The van der Waals surface area contributed by atoms with Crippen LogP contribution >= 0.6 is 0 Å². The zero-order valence-electron chi connectivity index (χ0n) is 17.6. The molecule has 1 aliphatic heterocycles. The van der Waals surface area contributed by atoms with Crippen LogP contribution in [0, 0.1) is 11.3 Å². The molecule has 8 nitrogen and oxygen atoms in total. The van der Waals surface area contributed by atoms with Crippen LogP contribution in [0.3, 0.4) is 0 Å². The van der Waals surface area contributed by atoms with Crippen LogP contribution in [0.4, 0.5) is 0 Å². The van der Waals surface area contributed by atoms with Crippen molar-refractivity contribution in [2.75, 3.05) is 26.2 Å². The van der Waals surface area contributed by atoms with Crippen LogP contribution in [-0.2, 0) is 11.3 Å². The molecule has 0 bridgehead atoms. The number of hydrogen-bond acceptors (Lipinski definition) is 5. The molecule has 0 saturated carbocycles. The van der Waals surface area contributed by atoms with Crippen molar-refractivity contribution < 1.29 is 9.59 Å². The van der Waals surface area contributed by atoms with Crippen molar-refractivity contribution in [2.45, 2.75) is 19.4 Å². The Morgan fingerprint density at radius 2 is 1.71 bits per heavy atom. The Hall–Kier alpha value is -3.23. The van der Waals surface area contributed by atoms with Gasteiger partial charge in [-0.25, -0.2) is 0 Å². The van der Waals surface area contributed by atoms with Gasteiger partial charge in [-0.15, -0.1) is 0 Å². The fraction of sp³-hybridized carbons (Fsp3) is 0.348. The van der Waals surface area contributed by atoms with E-state index in [0.29, 0.717) is 23.6 Å². The summed E-state index contributed by atoms with van der Waals surface area (Å²) >= 11 is 0. The van der Waals surface area contributed by atoms with Crippen molar-refractivity contribution in [1.82, 2.24) is 10.2 Å². The third-order valence-corrected chi connectivity index (χ3v) is 5.54. The average molecular weight is 423 g/mol. The first kappa shape index (κ1) is 22.5. The molecule has 0 atom stereocenters. The van der Waals surface area contributed by atoms with Crippen LogP contribution < -0.4 is 22.5 Å². The Kier molecular flexibility index (Phi) is 7.38. The van der Waals surface area contributed by atoms with Crippen LogP contribution in [-0.4, -0.2) is 48.7 Å². The van der Waals surface area contributed by atoms with Gasteiger partial charge >= 0.3 is 0 Å². The third-order valence-electron chi connectivity index (χ3n) is 5.54. The van der Waals surface area contributed by atoms with E-state index in [1.54, 1.807) is 18.2 Å². The number of piperidine rings is 1. The molecule has 1 saturated heterocycles. The lowest BCUT2D eigenvalue weighted by Crippen LogP contribution is -2.39. The summed E-state index contributed by atoms with van der Waals surface area (Å²) in [6, 6.07) is 12.8. The topological polar surface area (TPSA) is 151 Å². The number of nitrogen functional groups attached to an aromatic ring is 1. The average Bonchev–Trinajstić information content (AvgIpc) is 2.73. The third kappa shape index (κ3) is 6.37. The molecule has 1 aliphatic rings. The number of amidine groups is 1. The molecule has 1 fully saturated rings. The van der Waals surface area contributed by atoms with Gasteiger partial charge in [0.05, 0.1) is 6.54 Å². The first-order valence-electron chi connectivity index (χ1n) is 10.4. The van der Waals surface area contributed by atoms with Gasteiger partial charge in [0, 0.05) is 24.2 Å². The maximum atomic E-state index is 12.0. The van der Waals surface area contributed by atoms with Gasteiger partial charge in [-0.2, -0.15) is 0 Å². The molecule has 8 N–H and O–H groups in total. The highest BCUT2D eigenvalue weighted by atomic mass is 16.1. The number of carbonyl (C=O) groups excluding carboxylic acids is 2. The number of nitrogens with one attached hydrogen (secondary N) is 2. The van der Waals surface area contributed by atoms with E-state index in [9.17, 15) is 9.59 Å². The maximum Gasteiger partial charge on any atom is 0.248 e. The first-order chi connectivity index (χ1) is 14.8. The second-order valence-electron chi connectivity index (χ2n) is 8.11. The van der Waals surface area contributed by atoms with Gasteiger partial charge in [-0.1, -0.05) is 18.2 Å². The lowest BCUT2D eigenvalue weighted by atomic mass is 9.96. The van der Waals surface area contributed by atoms with Gasteiger partial charge in [0.1, 0.15) is 5.84 Å². The Labute approximate surface area is 182 Å². The molecule has 2 amide bonds. The predicted octanol–water partition coefficient (Wildman–Crippen LogP) is 1.02. The van der Waals surface area contributed by atoms with E-state index >= 15 is 0 Å². The van der Waals surface area contributed by atoms with Crippen LogP contribution in [0.5, 0.6) is 0 Å². The van der Waals surface area contributed by atoms with E-state index in [4.69, 9.17) is 22.6 Å². The first-order valence-corrected chi connectivity index (χ1v) is 10.4. The van der Waals surface area contributed by atoms with Gasteiger partial charge in [0.15, 0.2) is 0 Å². The van der Waals surface area contributed by atoms with Gasteiger partial charge in [0.2, 0.25) is 11.8 Å². The smallest absolute Gasteiger partial charge is 0.248 e. The van der Waals surface area contributed by atoms with Crippen molar-refractivity contribution in [3.8, 4) is 11.1 Å². The zero-order valence-corrected chi connectivity index (χ0v) is 17.6. The van der Waals surface area contributed by atoms with Crippen molar-refractivity contribution >= 4 is 17.6 Å².